The van der Waals surface area contributed by atoms with E-state index in [1.165, 1.54) is 21.3 Å². The summed E-state index contributed by atoms with van der Waals surface area (Å²) in [6.45, 7) is 1.84. The first-order valence-electron chi connectivity index (χ1n) is 6.22. The molecule has 0 saturated heterocycles. The van der Waals surface area contributed by atoms with Gasteiger partial charge in [-0.2, -0.15) is 5.10 Å². The second-order valence-electron chi connectivity index (χ2n) is 4.26. The minimum Gasteiger partial charge on any atom is -0.493 e. The number of hydrogen-bond donors (Lipinski definition) is 2. The van der Waals surface area contributed by atoms with Crippen LogP contribution >= 0.6 is 0 Å². The van der Waals surface area contributed by atoms with E-state index in [4.69, 9.17) is 14.2 Å². The Hall–Kier alpha value is -2.70. The van der Waals surface area contributed by atoms with Gasteiger partial charge in [-0.25, -0.2) is 0 Å². The lowest BCUT2D eigenvalue weighted by Crippen LogP contribution is -2.14. The predicted molar refractivity (Wildman–Crippen MR) is 77.4 cm³/mol. The van der Waals surface area contributed by atoms with Crippen LogP contribution in [-0.4, -0.2) is 37.4 Å². The Kier molecular flexibility index (Phi) is 4.32. The maximum absolute atomic E-state index is 12.4. The SMILES string of the molecule is COc1ccc(C(=O)Nc2[nH]ncc2C)c(OC)c1OC. The Labute approximate surface area is 122 Å². The third kappa shape index (κ3) is 2.76. The molecule has 7 nitrogen and oxygen atoms in total. The van der Waals surface area contributed by atoms with Crippen LogP contribution in [0, 0.1) is 6.92 Å². The van der Waals surface area contributed by atoms with Crippen molar-refractivity contribution >= 4 is 11.7 Å². The Morgan fingerprint density at radius 3 is 2.38 bits per heavy atom. The molecular weight excluding hydrogens is 274 g/mol. The van der Waals surface area contributed by atoms with Crippen LogP contribution in [0.3, 0.4) is 0 Å². The zero-order chi connectivity index (χ0) is 15.4. The van der Waals surface area contributed by atoms with E-state index in [0.29, 0.717) is 28.6 Å². The highest BCUT2D eigenvalue weighted by Gasteiger charge is 2.21. The smallest absolute Gasteiger partial charge is 0.260 e. The zero-order valence-corrected chi connectivity index (χ0v) is 12.3. The Morgan fingerprint density at radius 1 is 1.14 bits per heavy atom. The van der Waals surface area contributed by atoms with Crippen LogP contribution in [0.2, 0.25) is 0 Å². The zero-order valence-electron chi connectivity index (χ0n) is 12.3. The van der Waals surface area contributed by atoms with Crippen LogP contribution in [0.25, 0.3) is 0 Å². The third-order valence-electron chi connectivity index (χ3n) is 3.02. The van der Waals surface area contributed by atoms with Crippen LogP contribution in [0.4, 0.5) is 5.82 Å². The lowest BCUT2D eigenvalue weighted by Gasteiger charge is -2.15. The highest BCUT2D eigenvalue weighted by molar-refractivity contribution is 6.06. The fourth-order valence-corrected chi connectivity index (χ4v) is 1.93. The monoisotopic (exact) mass is 291 g/mol. The number of anilines is 1. The molecule has 0 fully saturated rings. The quantitative estimate of drug-likeness (QED) is 0.880. The van der Waals surface area contributed by atoms with Gasteiger partial charge in [0.25, 0.3) is 5.91 Å². The summed E-state index contributed by atoms with van der Waals surface area (Å²) < 4.78 is 15.7. The number of nitrogens with one attached hydrogen (secondary N) is 2. The molecule has 1 heterocycles. The molecule has 0 radical (unpaired) electrons. The van der Waals surface area contributed by atoms with Crippen molar-refractivity contribution < 1.29 is 19.0 Å². The van der Waals surface area contributed by atoms with Crippen molar-refractivity contribution in [1.29, 1.82) is 0 Å². The molecule has 0 aliphatic heterocycles. The number of nitrogens with zero attached hydrogens (tertiary/aromatic N) is 1. The lowest BCUT2D eigenvalue weighted by molar-refractivity contribution is 0.102. The van der Waals surface area contributed by atoms with Gasteiger partial charge in [0.2, 0.25) is 5.75 Å². The van der Waals surface area contributed by atoms with Gasteiger partial charge in [0.05, 0.1) is 33.1 Å². The second kappa shape index (κ2) is 6.17. The summed E-state index contributed by atoms with van der Waals surface area (Å²) in [7, 11) is 4.47. The molecule has 7 heteroatoms. The number of ether oxygens (including phenoxy) is 3. The average Bonchev–Trinajstić information content (AvgIpc) is 2.90. The largest absolute Gasteiger partial charge is 0.493 e. The van der Waals surface area contributed by atoms with Gasteiger partial charge in [-0.05, 0) is 19.1 Å². The van der Waals surface area contributed by atoms with E-state index in [-0.39, 0.29) is 5.91 Å². The van der Waals surface area contributed by atoms with E-state index in [0.717, 1.165) is 5.56 Å². The number of rotatable bonds is 5. The molecule has 2 rings (SSSR count). The van der Waals surface area contributed by atoms with Gasteiger partial charge in [-0.3, -0.25) is 9.89 Å². The van der Waals surface area contributed by atoms with Crippen molar-refractivity contribution in [3.8, 4) is 17.2 Å². The van der Waals surface area contributed by atoms with Crippen LogP contribution < -0.4 is 19.5 Å². The summed E-state index contributed by atoms with van der Waals surface area (Å²) in [5, 5.41) is 9.31. The number of carbonyl (C=O) groups excluding carboxylic acids is 1. The van der Waals surface area contributed by atoms with E-state index in [1.807, 2.05) is 6.92 Å². The van der Waals surface area contributed by atoms with Gasteiger partial charge in [-0.1, -0.05) is 0 Å². The van der Waals surface area contributed by atoms with Gasteiger partial charge >= 0.3 is 0 Å². The molecule has 0 saturated carbocycles. The van der Waals surface area contributed by atoms with E-state index >= 15 is 0 Å². The number of benzene rings is 1. The van der Waals surface area contributed by atoms with Crippen molar-refractivity contribution in [2.45, 2.75) is 6.92 Å². The van der Waals surface area contributed by atoms with Gasteiger partial charge < -0.3 is 19.5 Å². The molecule has 0 aliphatic rings. The molecular formula is C14H17N3O4. The summed E-state index contributed by atoms with van der Waals surface area (Å²) in [4.78, 5) is 12.4. The van der Waals surface area contributed by atoms with Crippen molar-refractivity contribution in [2.75, 3.05) is 26.6 Å². The molecule has 1 aromatic carbocycles. The average molecular weight is 291 g/mol. The summed E-state index contributed by atoms with van der Waals surface area (Å²) in [5.41, 5.74) is 1.17. The minimum absolute atomic E-state index is 0.312. The molecule has 0 aliphatic carbocycles. The Morgan fingerprint density at radius 2 is 1.86 bits per heavy atom. The normalized spacial score (nSPS) is 10.1. The van der Waals surface area contributed by atoms with Crippen LogP contribution in [-0.2, 0) is 0 Å². The summed E-state index contributed by atoms with van der Waals surface area (Å²) in [5.74, 6) is 1.38. The molecule has 112 valence electrons. The molecule has 1 aromatic heterocycles. The third-order valence-corrected chi connectivity index (χ3v) is 3.02. The van der Waals surface area contributed by atoms with Crippen molar-refractivity contribution in [3.05, 3.63) is 29.5 Å². The van der Waals surface area contributed by atoms with E-state index in [9.17, 15) is 4.79 Å². The highest BCUT2D eigenvalue weighted by Crippen LogP contribution is 2.39. The van der Waals surface area contributed by atoms with Gasteiger partial charge in [0.15, 0.2) is 11.5 Å². The first kappa shape index (κ1) is 14.7. The molecule has 0 bridgehead atoms. The molecule has 0 atom stereocenters. The standard InChI is InChI=1S/C14H17N3O4/c1-8-7-15-17-13(8)16-14(18)9-5-6-10(19-2)12(21-4)11(9)20-3/h5-7H,1-4H3,(H2,15,16,17,18). The van der Waals surface area contributed by atoms with Crippen LogP contribution in [0.5, 0.6) is 17.2 Å². The van der Waals surface area contributed by atoms with Gasteiger partial charge in [0, 0.05) is 5.56 Å². The van der Waals surface area contributed by atoms with Crippen molar-refractivity contribution in [3.63, 3.8) is 0 Å². The molecule has 0 spiro atoms. The maximum Gasteiger partial charge on any atom is 0.260 e. The molecule has 21 heavy (non-hydrogen) atoms. The predicted octanol–water partition coefficient (Wildman–Crippen LogP) is 2.00. The van der Waals surface area contributed by atoms with E-state index in [1.54, 1.807) is 18.3 Å². The highest BCUT2D eigenvalue weighted by atomic mass is 16.5. The molecule has 0 unspecified atom stereocenters. The molecule has 2 aromatic rings. The van der Waals surface area contributed by atoms with Crippen molar-refractivity contribution in [1.82, 2.24) is 10.2 Å². The number of aromatic amines is 1. The number of aryl methyl sites for hydroxylation is 1. The van der Waals surface area contributed by atoms with Crippen LogP contribution in [0.15, 0.2) is 18.3 Å². The second-order valence-corrected chi connectivity index (χ2v) is 4.26. The van der Waals surface area contributed by atoms with E-state index in [2.05, 4.69) is 15.5 Å². The summed E-state index contributed by atoms with van der Waals surface area (Å²) in [6, 6.07) is 3.26. The summed E-state index contributed by atoms with van der Waals surface area (Å²) in [6.07, 6.45) is 1.63. The van der Waals surface area contributed by atoms with Crippen molar-refractivity contribution in [2.24, 2.45) is 0 Å². The van der Waals surface area contributed by atoms with E-state index < -0.39 is 0 Å². The fraction of sp³-hybridized carbons (Fsp3) is 0.286. The Bertz CT molecular complexity index is 652. The number of amides is 1. The summed E-state index contributed by atoms with van der Waals surface area (Å²) >= 11 is 0. The number of carbonyl (C=O) groups is 1. The first-order chi connectivity index (χ1) is 10.1. The maximum atomic E-state index is 12.4. The van der Waals surface area contributed by atoms with Crippen LogP contribution in [0.1, 0.15) is 15.9 Å². The molecule has 2 N–H and O–H groups in total. The number of H-pyrrole nitrogens is 1. The number of hydrogen-bond acceptors (Lipinski definition) is 5. The Balaban J connectivity index is 2.39. The lowest BCUT2D eigenvalue weighted by atomic mass is 10.1. The number of aromatic nitrogens is 2. The first-order valence-corrected chi connectivity index (χ1v) is 6.22. The minimum atomic E-state index is -0.333. The van der Waals surface area contributed by atoms with Gasteiger partial charge in [-0.15, -0.1) is 0 Å². The topological polar surface area (TPSA) is 85.5 Å². The van der Waals surface area contributed by atoms with Gasteiger partial charge in [0.1, 0.15) is 5.82 Å². The number of methoxy groups -OCH3 is 3. The fourth-order valence-electron chi connectivity index (χ4n) is 1.93. The molecule has 1 amide bonds.